The minimum Gasteiger partial charge on any atom is -0.0880 e. The third-order valence-electron chi connectivity index (χ3n) is 1.57. The first kappa shape index (κ1) is 18.3. The maximum atomic E-state index is 2.26. The number of hydrogen-bond donors (Lipinski definition) is 0. The minimum absolute atomic E-state index is 0. The minimum atomic E-state index is 0. The zero-order valence-electron chi connectivity index (χ0n) is 8.22. The molecule has 0 saturated carbocycles. The van der Waals surface area contributed by atoms with Crippen molar-refractivity contribution in [2.45, 2.75) is 55.4 Å². The predicted molar refractivity (Wildman–Crippen MR) is 66.1 cm³/mol. The number of hydrogen-bond acceptors (Lipinski definition) is 0. The smallest absolute Gasteiger partial charge is 0.000439 e. The van der Waals surface area contributed by atoms with E-state index in [4.69, 9.17) is 0 Å². The highest BCUT2D eigenvalue weighted by Crippen LogP contribution is 2.19. The molecule has 0 heterocycles. The average molecular weight is 184 g/mol. The Bertz CT molecular complexity index is 122. The Labute approximate surface area is 85.8 Å². The maximum Gasteiger partial charge on any atom is 0.000439 e. The van der Waals surface area contributed by atoms with E-state index in [0.29, 0.717) is 0 Å². The van der Waals surface area contributed by atoms with Gasteiger partial charge in [0.25, 0.3) is 0 Å². The summed E-state index contributed by atoms with van der Waals surface area (Å²) in [7, 11) is 0. The highest BCUT2D eigenvalue weighted by Gasteiger charge is 2.06. The summed E-state index contributed by atoms with van der Waals surface area (Å²) in [5, 5.41) is 0. The lowest BCUT2D eigenvalue weighted by Crippen LogP contribution is -2.01. The maximum absolute atomic E-state index is 2.26. The number of allylic oxidation sites excluding steroid dienone is 4. The molecule has 0 aromatic carbocycles. The summed E-state index contributed by atoms with van der Waals surface area (Å²) in [6, 6.07) is 0. The molecule has 0 N–H and O–H groups in total. The fraction of sp³-hybridized carbons (Fsp3) is 0.692. The van der Waals surface area contributed by atoms with Crippen LogP contribution in [0, 0.1) is 5.41 Å². The van der Waals surface area contributed by atoms with E-state index >= 15 is 0 Å². The molecule has 0 aliphatic carbocycles. The van der Waals surface area contributed by atoms with E-state index in [-0.39, 0.29) is 20.3 Å². The fourth-order valence-corrected chi connectivity index (χ4v) is 0.899. The van der Waals surface area contributed by atoms with Gasteiger partial charge in [-0.3, -0.25) is 0 Å². The van der Waals surface area contributed by atoms with Gasteiger partial charge in [-0.2, -0.15) is 0 Å². The van der Waals surface area contributed by atoms with Crippen molar-refractivity contribution >= 4 is 0 Å². The summed E-state index contributed by atoms with van der Waals surface area (Å²) in [5.41, 5.74) is 0.242. The predicted octanol–water partition coefficient (Wildman–Crippen LogP) is 5.22. The molecule has 0 radical (unpaired) electrons. The fourth-order valence-electron chi connectivity index (χ4n) is 0.899. The molecule has 0 amide bonds. The molecule has 0 spiro atoms. The SMILES string of the molecule is C.C.CC/C=C/C(C)(C)/C=C/CC. The lowest BCUT2D eigenvalue weighted by Gasteiger charge is -2.13. The highest BCUT2D eigenvalue weighted by atomic mass is 14.1. The molecule has 0 aromatic rings. The van der Waals surface area contributed by atoms with Crippen molar-refractivity contribution in [1.82, 2.24) is 0 Å². The van der Waals surface area contributed by atoms with Crippen molar-refractivity contribution < 1.29 is 0 Å². The molecule has 0 nitrogen and oxygen atoms in total. The molecule has 0 rings (SSSR count). The molecule has 0 atom stereocenters. The van der Waals surface area contributed by atoms with Gasteiger partial charge in [-0.15, -0.1) is 0 Å². The van der Waals surface area contributed by atoms with Crippen LogP contribution in [0.2, 0.25) is 0 Å². The van der Waals surface area contributed by atoms with Crippen molar-refractivity contribution in [2.75, 3.05) is 0 Å². The van der Waals surface area contributed by atoms with Crippen LogP contribution in [0.5, 0.6) is 0 Å². The zero-order valence-corrected chi connectivity index (χ0v) is 8.22. The van der Waals surface area contributed by atoms with Gasteiger partial charge in [0.2, 0.25) is 0 Å². The van der Waals surface area contributed by atoms with Gasteiger partial charge in [-0.1, -0.05) is 66.9 Å². The Hall–Kier alpha value is -0.520. The Kier molecular flexibility index (Phi) is 13.5. The van der Waals surface area contributed by atoms with Crippen molar-refractivity contribution in [3.8, 4) is 0 Å². The Morgan fingerprint density at radius 2 is 1.15 bits per heavy atom. The Balaban J connectivity index is -0.000000500. The van der Waals surface area contributed by atoms with E-state index in [1.807, 2.05) is 0 Å². The average Bonchev–Trinajstić information content (AvgIpc) is 1.97. The molecule has 0 heteroatoms. The largest absolute Gasteiger partial charge is 0.0880 e. The second-order valence-corrected chi connectivity index (χ2v) is 3.44. The molecular formula is C13H28. The van der Waals surface area contributed by atoms with Gasteiger partial charge in [0.05, 0.1) is 0 Å². The van der Waals surface area contributed by atoms with Crippen LogP contribution < -0.4 is 0 Å². The normalized spacial score (nSPS) is 11.4. The second kappa shape index (κ2) is 9.57. The van der Waals surface area contributed by atoms with E-state index in [0.717, 1.165) is 12.8 Å². The van der Waals surface area contributed by atoms with Gasteiger partial charge < -0.3 is 0 Å². The lowest BCUT2D eigenvalue weighted by molar-refractivity contribution is 0.621. The summed E-state index contributed by atoms with van der Waals surface area (Å²) < 4.78 is 0. The highest BCUT2D eigenvalue weighted by molar-refractivity contribution is 5.06. The van der Waals surface area contributed by atoms with Crippen LogP contribution >= 0.6 is 0 Å². The monoisotopic (exact) mass is 184 g/mol. The first-order chi connectivity index (χ1) is 5.12. The molecule has 0 fully saturated rings. The van der Waals surface area contributed by atoms with Crippen LogP contribution in [0.3, 0.4) is 0 Å². The van der Waals surface area contributed by atoms with Crippen molar-refractivity contribution in [3.05, 3.63) is 24.3 Å². The van der Waals surface area contributed by atoms with Crippen LogP contribution in [-0.4, -0.2) is 0 Å². The summed E-state index contributed by atoms with van der Waals surface area (Å²) in [6.07, 6.45) is 11.2. The van der Waals surface area contributed by atoms with E-state index in [1.54, 1.807) is 0 Å². The van der Waals surface area contributed by atoms with E-state index in [9.17, 15) is 0 Å². The van der Waals surface area contributed by atoms with E-state index in [2.05, 4.69) is 52.0 Å². The van der Waals surface area contributed by atoms with Crippen molar-refractivity contribution in [3.63, 3.8) is 0 Å². The van der Waals surface area contributed by atoms with Gasteiger partial charge >= 0.3 is 0 Å². The molecule has 80 valence electrons. The summed E-state index contributed by atoms with van der Waals surface area (Å²) in [6.45, 7) is 8.78. The van der Waals surface area contributed by atoms with Crippen LogP contribution in [0.1, 0.15) is 55.4 Å². The summed E-state index contributed by atoms with van der Waals surface area (Å²) in [4.78, 5) is 0. The van der Waals surface area contributed by atoms with Gasteiger partial charge in [0.15, 0.2) is 0 Å². The molecule has 13 heavy (non-hydrogen) atoms. The van der Waals surface area contributed by atoms with Crippen LogP contribution in [0.25, 0.3) is 0 Å². The molecule has 0 aliphatic heterocycles. The topological polar surface area (TPSA) is 0 Å². The van der Waals surface area contributed by atoms with Gasteiger partial charge in [0.1, 0.15) is 0 Å². The third-order valence-corrected chi connectivity index (χ3v) is 1.57. The van der Waals surface area contributed by atoms with Gasteiger partial charge in [-0.05, 0) is 12.8 Å². The third kappa shape index (κ3) is 11.5. The van der Waals surface area contributed by atoms with Crippen LogP contribution in [-0.2, 0) is 0 Å². The molecule has 0 saturated heterocycles. The molecule has 0 aliphatic rings. The van der Waals surface area contributed by atoms with Crippen molar-refractivity contribution in [2.24, 2.45) is 5.41 Å². The second-order valence-electron chi connectivity index (χ2n) is 3.44. The van der Waals surface area contributed by atoms with Gasteiger partial charge in [-0.25, -0.2) is 0 Å². The van der Waals surface area contributed by atoms with E-state index < -0.39 is 0 Å². The molecular weight excluding hydrogens is 156 g/mol. The Morgan fingerprint density at radius 3 is 1.38 bits per heavy atom. The van der Waals surface area contributed by atoms with E-state index in [1.165, 1.54) is 0 Å². The van der Waals surface area contributed by atoms with Crippen molar-refractivity contribution in [1.29, 1.82) is 0 Å². The van der Waals surface area contributed by atoms with Gasteiger partial charge in [0, 0.05) is 5.41 Å². The Morgan fingerprint density at radius 1 is 0.846 bits per heavy atom. The standard InChI is InChI=1S/C11H20.2CH4/c1-5-7-9-11(3,4)10-8-6-2;;/h7-10H,5-6H2,1-4H3;2*1H4/b9-7+,10-8+;;. The zero-order chi connectivity index (χ0) is 8.74. The first-order valence-electron chi connectivity index (χ1n) is 4.47. The number of rotatable bonds is 4. The molecule has 0 bridgehead atoms. The lowest BCUT2D eigenvalue weighted by atomic mass is 9.92. The van der Waals surface area contributed by atoms with Crippen LogP contribution in [0.15, 0.2) is 24.3 Å². The first-order valence-corrected chi connectivity index (χ1v) is 4.47. The summed E-state index contributed by atoms with van der Waals surface area (Å²) >= 11 is 0. The summed E-state index contributed by atoms with van der Waals surface area (Å²) in [5.74, 6) is 0. The molecule has 0 aromatic heterocycles. The van der Waals surface area contributed by atoms with Crippen LogP contribution in [0.4, 0.5) is 0 Å². The molecule has 0 unspecified atom stereocenters. The quantitative estimate of drug-likeness (QED) is 0.526.